The van der Waals surface area contributed by atoms with Gasteiger partial charge in [-0.3, -0.25) is 9.69 Å². The molecule has 1 fully saturated rings. The predicted octanol–water partition coefficient (Wildman–Crippen LogP) is 3.42. The summed E-state index contributed by atoms with van der Waals surface area (Å²) in [6.45, 7) is 1.99. The summed E-state index contributed by atoms with van der Waals surface area (Å²) in [7, 11) is 3.00. The summed E-state index contributed by atoms with van der Waals surface area (Å²) in [4.78, 5) is 14.8. The number of nitrogens with zero attached hydrogens (tertiary/aromatic N) is 1. The maximum absolute atomic E-state index is 12.9. The lowest BCUT2D eigenvalue weighted by Crippen LogP contribution is -2.72. The lowest BCUT2D eigenvalue weighted by atomic mass is 9.77. The second-order valence-corrected chi connectivity index (χ2v) is 7.19. The van der Waals surface area contributed by atoms with Gasteiger partial charge in [-0.2, -0.15) is 0 Å². The van der Waals surface area contributed by atoms with E-state index in [1.165, 1.54) is 7.11 Å². The molecular weight excluding hydrogens is 376 g/mol. The van der Waals surface area contributed by atoms with Crippen LogP contribution in [0.3, 0.4) is 0 Å². The first-order valence-electron chi connectivity index (χ1n) is 9.16. The van der Waals surface area contributed by atoms with Gasteiger partial charge in [-0.1, -0.05) is 25.1 Å². The first-order chi connectivity index (χ1) is 13.6. The standard InChI is InChI=1S/C21H22N2O4S/c1-4-21-17(19(24)26-3)18(15-12-14(25-2)10-11-16(15)27-21)22-20(28)23(21)13-8-6-5-7-9-13/h5-12,17-18H,4H2,1-3H3,(H,22,28)/t17-,18+,21-/m0/s1. The molecule has 7 heteroatoms. The van der Waals surface area contributed by atoms with Crippen molar-refractivity contribution >= 4 is 29.0 Å². The normalized spacial score (nSPS) is 25.2. The summed E-state index contributed by atoms with van der Waals surface area (Å²) in [6, 6.07) is 14.9. The highest BCUT2D eigenvalue weighted by Crippen LogP contribution is 2.51. The molecule has 0 aliphatic carbocycles. The Morgan fingerprint density at radius 2 is 2.00 bits per heavy atom. The van der Waals surface area contributed by atoms with E-state index in [1.807, 2.05) is 60.4 Å². The predicted molar refractivity (Wildman–Crippen MR) is 110 cm³/mol. The molecule has 0 spiro atoms. The van der Waals surface area contributed by atoms with Crippen molar-refractivity contribution in [2.75, 3.05) is 19.1 Å². The number of thiocarbonyl (C=S) groups is 1. The summed E-state index contributed by atoms with van der Waals surface area (Å²) >= 11 is 5.72. The minimum atomic E-state index is -0.997. The van der Waals surface area contributed by atoms with E-state index in [0.29, 0.717) is 23.0 Å². The van der Waals surface area contributed by atoms with Crippen LogP contribution < -0.4 is 19.7 Å². The Morgan fingerprint density at radius 3 is 2.64 bits per heavy atom. The molecule has 1 N–H and O–H groups in total. The van der Waals surface area contributed by atoms with Crippen LogP contribution in [0, 0.1) is 5.92 Å². The summed E-state index contributed by atoms with van der Waals surface area (Å²) < 4.78 is 17.1. The SMILES string of the molecule is CC[C@@]12Oc3ccc(OC)cc3[C@@H](NC(=S)N1c1ccccc1)[C@H]2C(=O)OC. The molecule has 0 amide bonds. The third-order valence-electron chi connectivity index (χ3n) is 5.49. The van der Waals surface area contributed by atoms with Gasteiger partial charge in [-0.25, -0.2) is 0 Å². The first kappa shape index (κ1) is 18.6. The van der Waals surface area contributed by atoms with Crippen molar-refractivity contribution < 1.29 is 19.0 Å². The molecule has 0 radical (unpaired) electrons. The molecule has 2 aromatic rings. The van der Waals surface area contributed by atoms with Gasteiger partial charge in [0.25, 0.3) is 0 Å². The number of nitrogens with one attached hydrogen (secondary N) is 1. The topological polar surface area (TPSA) is 60.0 Å². The van der Waals surface area contributed by atoms with Crippen LogP contribution in [0.2, 0.25) is 0 Å². The fourth-order valence-corrected chi connectivity index (χ4v) is 4.60. The summed E-state index contributed by atoms with van der Waals surface area (Å²) in [5.74, 6) is 0.419. The maximum atomic E-state index is 12.9. The Bertz CT molecular complexity index is 920. The van der Waals surface area contributed by atoms with E-state index in [9.17, 15) is 4.79 Å². The molecule has 2 bridgehead atoms. The van der Waals surface area contributed by atoms with Gasteiger partial charge in [0.1, 0.15) is 17.4 Å². The molecule has 3 atom stereocenters. The number of hydrogen-bond donors (Lipinski definition) is 1. The van der Waals surface area contributed by atoms with Gasteiger partial charge in [0.2, 0.25) is 5.72 Å². The number of esters is 1. The van der Waals surface area contributed by atoms with Gasteiger partial charge in [-0.05, 0) is 42.5 Å². The minimum Gasteiger partial charge on any atom is -0.497 e. The van der Waals surface area contributed by atoms with Crippen molar-refractivity contribution in [1.29, 1.82) is 0 Å². The van der Waals surface area contributed by atoms with E-state index in [4.69, 9.17) is 26.4 Å². The second kappa shape index (κ2) is 6.98. The van der Waals surface area contributed by atoms with Crippen LogP contribution >= 0.6 is 12.2 Å². The summed E-state index contributed by atoms with van der Waals surface area (Å²) in [5.41, 5.74) is 0.684. The number of methoxy groups -OCH3 is 2. The number of rotatable bonds is 4. The fraction of sp³-hybridized carbons (Fsp3) is 0.333. The molecule has 0 aromatic heterocycles. The van der Waals surface area contributed by atoms with Gasteiger partial charge in [-0.15, -0.1) is 0 Å². The Labute approximate surface area is 169 Å². The molecule has 28 heavy (non-hydrogen) atoms. The average Bonchev–Trinajstić information content (AvgIpc) is 2.73. The number of ether oxygens (including phenoxy) is 3. The molecule has 1 saturated heterocycles. The van der Waals surface area contributed by atoms with Gasteiger partial charge in [0.05, 0.1) is 20.3 Å². The van der Waals surface area contributed by atoms with E-state index in [-0.39, 0.29) is 12.0 Å². The number of carbonyl (C=O) groups is 1. The smallest absolute Gasteiger partial charge is 0.317 e. The zero-order valence-electron chi connectivity index (χ0n) is 16.0. The maximum Gasteiger partial charge on any atom is 0.317 e. The molecule has 6 nitrogen and oxygen atoms in total. The van der Waals surface area contributed by atoms with E-state index >= 15 is 0 Å². The number of hydrogen-bond acceptors (Lipinski definition) is 5. The highest BCUT2D eigenvalue weighted by atomic mass is 32.1. The fourth-order valence-electron chi connectivity index (χ4n) is 4.21. The van der Waals surface area contributed by atoms with Crippen LogP contribution in [0.1, 0.15) is 24.9 Å². The summed E-state index contributed by atoms with van der Waals surface area (Å²) in [6.07, 6.45) is 0.533. The number of para-hydroxylation sites is 1. The van der Waals surface area contributed by atoms with E-state index in [1.54, 1.807) is 7.11 Å². The zero-order chi connectivity index (χ0) is 19.9. The molecule has 4 rings (SSSR count). The van der Waals surface area contributed by atoms with Gasteiger partial charge in [0, 0.05) is 17.7 Å². The van der Waals surface area contributed by atoms with Crippen molar-refractivity contribution in [2.24, 2.45) is 5.92 Å². The number of benzene rings is 2. The molecule has 0 saturated carbocycles. The van der Waals surface area contributed by atoms with E-state index < -0.39 is 11.6 Å². The van der Waals surface area contributed by atoms with Gasteiger partial charge in [0.15, 0.2) is 5.11 Å². The third kappa shape index (κ3) is 2.61. The monoisotopic (exact) mass is 398 g/mol. The number of fused-ring (bicyclic) bond motifs is 4. The lowest BCUT2D eigenvalue weighted by molar-refractivity contribution is -0.158. The van der Waals surface area contributed by atoms with Crippen LogP contribution in [0.25, 0.3) is 0 Å². The largest absolute Gasteiger partial charge is 0.497 e. The summed E-state index contributed by atoms with van der Waals surface area (Å²) in [5, 5.41) is 3.86. The van der Waals surface area contributed by atoms with Crippen LogP contribution in [0.4, 0.5) is 5.69 Å². The van der Waals surface area contributed by atoms with Gasteiger partial charge >= 0.3 is 5.97 Å². The number of carbonyl (C=O) groups excluding carboxylic acids is 1. The molecular formula is C21H22N2O4S. The quantitative estimate of drug-likeness (QED) is 0.625. The van der Waals surface area contributed by atoms with Crippen LogP contribution in [0.15, 0.2) is 48.5 Å². The molecule has 2 heterocycles. The van der Waals surface area contributed by atoms with Crippen molar-refractivity contribution in [3.05, 3.63) is 54.1 Å². The zero-order valence-corrected chi connectivity index (χ0v) is 16.8. The van der Waals surface area contributed by atoms with Crippen molar-refractivity contribution in [2.45, 2.75) is 25.1 Å². The molecule has 146 valence electrons. The Morgan fingerprint density at radius 1 is 1.25 bits per heavy atom. The van der Waals surface area contributed by atoms with Crippen molar-refractivity contribution in [3.63, 3.8) is 0 Å². The van der Waals surface area contributed by atoms with Crippen LogP contribution in [0.5, 0.6) is 11.5 Å². The Kier molecular flexibility index (Phi) is 4.63. The van der Waals surface area contributed by atoms with Crippen molar-refractivity contribution in [1.82, 2.24) is 5.32 Å². The second-order valence-electron chi connectivity index (χ2n) is 6.80. The number of anilines is 1. The Hall–Kier alpha value is -2.80. The highest BCUT2D eigenvalue weighted by molar-refractivity contribution is 7.80. The Balaban J connectivity index is 1.94. The van der Waals surface area contributed by atoms with Crippen LogP contribution in [-0.4, -0.2) is 31.0 Å². The molecule has 2 aromatic carbocycles. The molecule has 2 aliphatic rings. The van der Waals surface area contributed by atoms with E-state index in [0.717, 1.165) is 11.3 Å². The molecule has 2 aliphatic heterocycles. The highest BCUT2D eigenvalue weighted by Gasteiger charge is 2.61. The lowest BCUT2D eigenvalue weighted by Gasteiger charge is -2.56. The molecule has 0 unspecified atom stereocenters. The first-order valence-corrected chi connectivity index (χ1v) is 9.57. The van der Waals surface area contributed by atoms with Crippen molar-refractivity contribution in [3.8, 4) is 11.5 Å². The average molecular weight is 398 g/mol. The van der Waals surface area contributed by atoms with E-state index in [2.05, 4.69) is 5.32 Å². The minimum absolute atomic E-state index is 0.351. The van der Waals surface area contributed by atoms with Gasteiger partial charge < -0.3 is 19.5 Å². The van der Waals surface area contributed by atoms with Crippen LogP contribution in [-0.2, 0) is 9.53 Å². The third-order valence-corrected chi connectivity index (χ3v) is 5.80.